The molecule has 1 amide bonds. The monoisotopic (exact) mass is 291 g/mol. The van der Waals surface area contributed by atoms with Crippen LogP contribution in [0.3, 0.4) is 0 Å². The molecule has 1 rings (SSSR count). The standard InChI is InChI=1S/C16H22FN3O/c1-5-20(15(21)14(19)16(2,3)4)10-12-7-6-11(9-18)8-13(12)17/h6-8,14H,5,10,19H2,1-4H3/t14-/m1/s1. The lowest BCUT2D eigenvalue weighted by Crippen LogP contribution is -2.50. The number of nitrogens with zero attached hydrogens (tertiary/aromatic N) is 2. The van der Waals surface area contributed by atoms with Crippen LogP contribution in [-0.4, -0.2) is 23.4 Å². The van der Waals surface area contributed by atoms with E-state index in [1.807, 2.05) is 33.8 Å². The summed E-state index contributed by atoms with van der Waals surface area (Å²) in [7, 11) is 0. The molecule has 114 valence electrons. The number of amides is 1. The lowest BCUT2D eigenvalue weighted by atomic mass is 9.86. The lowest BCUT2D eigenvalue weighted by molar-refractivity contribution is -0.135. The van der Waals surface area contributed by atoms with Gasteiger partial charge in [-0.3, -0.25) is 4.79 Å². The van der Waals surface area contributed by atoms with Gasteiger partial charge in [-0.2, -0.15) is 5.26 Å². The molecule has 0 saturated carbocycles. The third-order valence-electron chi connectivity index (χ3n) is 3.44. The summed E-state index contributed by atoms with van der Waals surface area (Å²) >= 11 is 0. The van der Waals surface area contributed by atoms with E-state index in [-0.39, 0.29) is 23.4 Å². The molecule has 0 heterocycles. The van der Waals surface area contributed by atoms with Gasteiger partial charge in [-0.1, -0.05) is 26.8 Å². The van der Waals surface area contributed by atoms with Crippen LogP contribution in [0.5, 0.6) is 0 Å². The second kappa shape index (κ2) is 6.68. The summed E-state index contributed by atoms with van der Waals surface area (Å²) in [5.74, 6) is -0.682. The van der Waals surface area contributed by atoms with Crippen LogP contribution in [0.15, 0.2) is 18.2 Å². The molecule has 0 radical (unpaired) electrons. The van der Waals surface area contributed by atoms with E-state index in [1.54, 1.807) is 6.07 Å². The minimum Gasteiger partial charge on any atom is -0.337 e. The number of nitriles is 1. The Hall–Kier alpha value is -1.93. The average Bonchev–Trinajstić information content (AvgIpc) is 2.43. The molecule has 4 nitrogen and oxygen atoms in total. The Labute approximate surface area is 125 Å². The number of nitrogens with two attached hydrogens (primary N) is 1. The van der Waals surface area contributed by atoms with Gasteiger partial charge in [0.2, 0.25) is 5.91 Å². The SMILES string of the molecule is CCN(Cc1ccc(C#N)cc1F)C(=O)[C@@H](N)C(C)(C)C. The van der Waals surface area contributed by atoms with E-state index < -0.39 is 11.9 Å². The van der Waals surface area contributed by atoms with Crippen molar-refractivity contribution in [2.24, 2.45) is 11.1 Å². The van der Waals surface area contributed by atoms with Gasteiger partial charge in [-0.05, 0) is 24.5 Å². The number of benzene rings is 1. The van der Waals surface area contributed by atoms with Crippen LogP contribution in [-0.2, 0) is 11.3 Å². The van der Waals surface area contributed by atoms with Gasteiger partial charge in [0.1, 0.15) is 5.82 Å². The molecule has 2 N–H and O–H groups in total. The molecule has 0 aliphatic heterocycles. The van der Waals surface area contributed by atoms with Crippen LogP contribution in [0, 0.1) is 22.6 Å². The van der Waals surface area contributed by atoms with Crippen LogP contribution < -0.4 is 5.73 Å². The predicted octanol–water partition coefficient (Wildman–Crippen LogP) is 2.42. The number of likely N-dealkylation sites (N-methyl/N-ethyl adjacent to an activating group) is 1. The fourth-order valence-electron chi connectivity index (χ4n) is 1.86. The maximum atomic E-state index is 13.9. The quantitative estimate of drug-likeness (QED) is 0.926. The molecule has 0 fully saturated rings. The number of hydrogen-bond acceptors (Lipinski definition) is 3. The maximum absolute atomic E-state index is 13.9. The van der Waals surface area contributed by atoms with Crippen LogP contribution in [0.4, 0.5) is 4.39 Å². The Morgan fingerprint density at radius 1 is 1.48 bits per heavy atom. The van der Waals surface area contributed by atoms with Crippen molar-refractivity contribution in [2.45, 2.75) is 40.3 Å². The van der Waals surface area contributed by atoms with Gasteiger partial charge in [0.25, 0.3) is 0 Å². The van der Waals surface area contributed by atoms with E-state index in [2.05, 4.69) is 0 Å². The fourth-order valence-corrected chi connectivity index (χ4v) is 1.86. The molecule has 0 saturated heterocycles. The van der Waals surface area contributed by atoms with Crippen molar-refractivity contribution in [1.82, 2.24) is 4.90 Å². The smallest absolute Gasteiger partial charge is 0.240 e. The van der Waals surface area contributed by atoms with Gasteiger partial charge in [0.15, 0.2) is 0 Å². The van der Waals surface area contributed by atoms with Gasteiger partial charge in [-0.15, -0.1) is 0 Å². The lowest BCUT2D eigenvalue weighted by Gasteiger charge is -2.31. The molecular formula is C16H22FN3O. The molecule has 1 aromatic carbocycles. The van der Waals surface area contributed by atoms with Gasteiger partial charge >= 0.3 is 0 Å². The van der Waals surface area contributed by atoms with Crippen molar-refractivity contribution < 1.29 is 9.18 Å². The van der Waals surface area contributed by atoms with Crippen molar-refractivity contribution >= 4 is 5.91 Å². The molecule has 5 heteroatoms. The van der Waals surface area contributed by atoms with Crippen molar-refractivity contribution in [3.8, 4) is 6.07 Å². The van der Waals surface area contributed by atoms with Crippen LogP contribution in [0.1, 0.15) is 38.8 Å². The van der Waals surface area contributed by atoms with Crippen molar-refractivity contribution in [1.29, 1.82) is 5.26 Å². The number of hydrogen-bond donors (Lipinski definition) is 1. The largest absolute Gasteiger partial charge is 0.337 e. The van der Waals surface area contributed by atoms with Gasteiger partial charge < -0.3 is 10.6 Å². The highest BCUT2D eigenvalue weighted by Gasteiger charge is 2.30. The molecule has 1 aromatic rings. The first-order valence-electron chi connectivity index (χ1n) is 6.93. The highest BCUT2D eigenvalue weighted by atomic mass is 19.1. The summed E-state index contributed by atoms with van der Waals surface area (Å²) in [6, 6.07) is 5.50. The normalized spacial score (nSPS) is 12.6. The Balaban J connectivity index is 2.93. The third kappa shape index (κ3) is 4.27. The maximum Gasteiger partial charge on any atom is 0.240 e. The third-order valence-corrected chi connectivity index (χ3v) is 3.44. The number of rotatable bonds is 4. The van der Waals surface area contributed by atoms with E-state index in [4.69, 9.17) is 11.0 Å². The first kappa shape index (κ1) is 17.1. The second-order valence-corrected chi connectivity index (χ2v) is 6.11. The van der Waals surface area contributed by atoms with E-state index in [0.29, 0.717) is 12.1 Å². The van der Waals surface area contributed by atoms with Crippen molar-refractivity contribution in [3.63, 3.8) is 0 Å². The zero-order chi connectivity index (χ0) is 16.2. The van der Waals surface area contributed by atoms with Crippen molar-refractivity contribution in [2.75, 3.05) is 6.54 Å². The zero-order valence-corrected chi connectivity index (χ0v) is 13.0. The van der Waals surface area contributed by atoms with Crippen molar-refractivity contribution in [3.05, 3.63) is 35.1 Å². The summed E-state index contributed by atoms with van der Waals surface area (Å²) in [6.45, 7) is 8.11. The molecule has 0 aromatic heterocycles. The Kier molecular flexibility index (Phi) is 5.45. The molecule has 0 bridgehead atoms. The molecule has 0 aliphatic carbocycles. The van der Waals surface area contributed by atoms with E-state index in [1.165, 1.54) is 17.0 Å². The Bertz CT molecular complexity index is 558. The summed E-state index contributed by atoms with van der Waals surface area (Å²) < 4.78 is 13.9. The number of carbonyl (C=O) groups excluding carboxylic acids is 1. The summed E-state index contributed by atoms with van der Waals surface area (Å²) in [6.07, 6.45) is 0. The summed E-state index contributed by atoms with van der Waals surface area (Å²) in [5, 5.41) is 8.73. The van der Waals surface area contributed by atoms with Gasteiger partial charge in [0.05, 0.1) is 17.7 Å². The summed E-state index contributed by atoms with van der Waals surface area (Å²) in [4.78, 5) is 13.9. The highest BCUT2D eigenvalue weighted by Crippen LogP contribution is 2.20. The summed E-state index contributed by atoms with van der Waals surface area (Å²) in [5.41, 5.74) is 6.27. The minimum atomic E-state index is -0.640. The molecular weight excluding hydrogens is 269 g/mol. The highest BCUT2D eigenvalue weighted by molar-refractivity contribution is 5.82. The van der Waals surface area contributed by atoms with Gasteiger partial charge in [0, 0.05) is 18.7 Å². The first-order valence-corrected chi connectivity index (χ1v) is 6.93. The molecule has 0 unspecified atom stereocenters. The average molecular weight is 291 g/mol. The molecule has 1 atom stereocenters. The predicted molar refractivity (Wildman–Crippen MR) is 79.6 cm³/mol. The second-order valence-electron chi connectivity index (χ2n) is 6.11. The zero-order valence-electron chi connectivity index (χ0n) is 13.0. The van der Waals surface area contributed by atoms with E-state index >= 15 is 0 Å². The van der Waals surface area contributed by atoms with E-state index in [0.717, 1.165) is 0 Å². The van der Waals surface area contributed by atoms with Crippen LogP contribution in [0.2, 0.25) is 0 Å². The number of carbonyl (C=O) groups is 1. The Morgan fingerprint density at radius 3 is 2.52 bits per heavy atom. The first-order chi connectivity index (χ1) is 9.70. The Morgan fingerprint density at radius 2 is 2.10 bits per heavy atom. The molecule has 0 spiro atoms. The minimum absolute atomic E-state index is 0.149. The molecule has 21 heavy (non-hydrogen) atoms. The van der Waals surface area contributed by atoms with E-state index in [9.17, 15) is 9.18 Å². The topological polar surface area (TPSA) is 70.1 Å². The van der Waals surface area contributed by atoms with Crippen LogP contribution >= 0.6 is 0 Å². The van der Waals surface area contributed by atoms with Gasteiger partial charge in [-0.25, -0.2) is 4.39 Å². The fraction of sp³-hybridized carbons (Fsp3) is 0.500. The molecule has 0 aliphatic rings. The van der Waals surface area contributed by atoms with Crippen LogP contribution in [0.25, 0.3) is 0 Å². The number of halogens is 1.